The van der Waals surface area contributed by atoms with Crippen LogP contribution in [0.4, 0.5) is 9.93 Å². The minimum Gasteiger partial charge on any atom is -0.467 e. The second-order valence-corrected chi connectivity index (χ2v) is 6.44. The summed E-state index contributed by atoms with van der Waals surface area (Å²) in [5, 5.41) is 5.40. The van der Waals surface area contributed by atoms with Crippen molar-refractivity contribution in [2.24, 2.45) is 0 Å². The summed E-state index contributed by atoms with van der Waals surface area (Å²) in [6.07, 6.45) is 5.83. The van der Waals surface area contributed by atoms with Crippen molar-refractivity contribution in [1.82, 2.24) is 9.88 Å². The van der Waals surface area contributed by atoms with Gasteiger partial charge in [0.15, 0.2) is 5.13 Å². The first kappa shape index (κ1) is 16.0. The zero-order valence-corrected chi connectivity index (χ0v) is 14.0. The number of rotatable bonds is 4. The van der Waals surface area contributed by atoms with Crippen molar-refractivity contribution < 1.29 is 13.9 Å². The number of furan rings is 1. The summed E-state index contributed by atoms with van der Waals surface area (Å²) in [7, 11) is 1.63. The third kappa shape index (κ3) is 3.92. The molecule has 7 heteroatoms. The molecule has 1 fully saturated rings. The van der Waals surface area contributed by atoms with Gasteiger partial charge in [-0.05, 0) is 25.0 Å². The molecule has 2 aromatic rings. The number of carbonyl (C=O) groups is 1. The number of hydrogen-bond donors (Lipinski definition) is 1. The van der Waals surface area contributed by atoms with Gasteiger partial charge in [-0.1, -0.05) is 12.8 Å². The maximum absolute atomic E-state index is 12.7. The maximum atomic E-state index is 12.7. The topological polar surface area (TPSA) is 67.6 Å². The van der Waals surface area contributed by atoms with Crippen LogP contribution in [0, 0.1) is 0 Å². The van der Waals surface area contributed by atoms with Crippen molar-refractivity contribution in [2.75, 3.05) is 19.0 Å². The first-order valence-electron chi connectivity index (χ1n) is 7.82. The Labute approximate surface area is 139 Å². The molecule has 1 aliphatic heterocycles. The van der Waals surface area contributed by atoms with E-state index in [0.717, 1.165) is 43.7 Å². The predicted octanol–water partition coefficient (Wildman–Crippen LogP) is 4.03. The van der Waals surface area contributed by atoms with Gasteiger partial charge in [0.2, 0.25) is 0 Å². The number of aromatic nitrogens is 1. The second-order valence-electron chi connectivity index (χ2n) is 5.58. The van der Waals surface area contributed by atoms with Gasteiger partial charge < -0.3 is 14.1 Å². The van der Waals surface area contributed by atoms with E-state index < -0.39 is 0 Å². The second kappa shape index (κ2) is 7.61. The van der Waals surface area contributed by atoms with Crippen molar-refractivity contribution >= 4 is 22.5 Å². The van der Waals surface area contributed by atoms with Gasteiger partial charge in [-0.25, -0.2) is 9.78 Å². The van der Waals surface area contributed by atoms with Crippen molar-refractivity contribution in [3.05, 3.63) is 35.2 Å². The number of nitrogens with one attached hydrogen (secondary N) is 1. The van der Waals surface area contributed by atoms with Crippen molar-refractivity contribution in [1.29, 1.82) is 0 Å². The third-order valence-electron chi connectivity index (χ3n) is 3.94. The fourth-order valence-corrected chi connectivity index (χ4v) is 3.55. The molecule has 0 bridgehead atoms. The van der Waals surface area contributed by atoms with Gasteiger partial charge in [0, 0.05) is 19.0 Å². The Kier molecular flexibility index (Phi) is 5.30. The number of carbonyl (C=O) groups excluding carboxylic acids is 1. The summed E-state index contributed by atoms with van der Waals surface area (Å²) in [5.41, 5.74) is 0.825. The molecule has 1 N–H and O–H groups in total. The molecule has 1 aliphatic rings. The Balaban J connectivity index is 1.72. The molecule has 124 valence electrons. The van der Waals surface area contributed by atoms with E-state index in [2.05, 4.69) is 10.3 Å². The summed E-state index contributed by atoms with van der Waals surface area (Å²) in [6, 6.07) is 3.68. The van der Waals surface area contributed by atoms with E-state index in [1.54, 1.807) is 13.4 Å². The molecule has 0 saturated carbocycles. The predicted molar refractivity (Wildman–Crippen MR) is 88.5 cm³/mol. The SMILES string of the molecule is COCc1csc(NC(=O)N2CCCCC[C@@H]2c2ccco2)n1. The highest BCUT2D eigenvalue weighted by Gasteiger charge is 2.29. The lowest BCUT2D eigenvalue weighted by molar-refractivity contribution is 0.179. The number of anilines is 1. The molecule has 1 atom stereocenters. The molecule has 0 aromatic carbocycles. The van der Waals surface area contributed by atoms with Crippen molar-refractivity contribution in [3.8, 4) is 0 Å². The zero-order chi connectivity index (χ0) is 16.1. The highest BCUT2D eigenvalue weighted by molar-refractivity contribution is 7.13. The number of hydrogen-bond acceptors (Lipinski definition) is 5. The molecular weight excluding hydrogens is 314 g/mol. The Morgan fingerprint density at radius 2 is 2.43 bits per heavy atom. The van der Waals surface area contributed by atoms with Crippen LogP contribution in [0.3, 0.4) is 0 Å². The van der Waals surface area contributed by atoms with Gasteiger partial charge in [-0.15, -0.1) is 11.3 Å². The van der Waals surface area contributed by atoms with Gasteiger partial charge in [0.25, 0.3) is 0 Å². The van der Waals surface area contributed by atoms with E-state index >= 15 is 0 Å². The summed E-state index contributed by atoms with van der Waals surface area (Å²) in [4.78, 5) is 18.9. The molecule has 0 spiro atoms. The summed E-state index contributed by atoms with van der Waals surface area (Å²) >= 11 is 1.41. The van der Waals surface area contributed by atoms with Crippen LogP contribution in [0.2, 0.25) is 0 Å². The quantitative estimate of drug-likeness (QED) is 0.916. The molecular formula is C16H21N3O3S. The number of urea groups is 1. The van der Waals surface area contributed by atoms with Gasteiger partial charge in [0.05, 0.1) is 24.6 Å². The van der Waals surface area contributed by atoms with Crippen LogP contribution < -0.4 is 5.32 Å². The van der Waals surface area contributed by atoms with Gasteiger partial charge in [-0.3, -0.25) is 5.32 Å². The number of likely N-dealkylation sites (tertiary alicyclic amines) is 1. The third-order valence-corrected chi connectivity index (χ3v) is 4.75. The lowest BCUT2D eigenvalue weighted by atomic mass is 10.1. The molecule has 1 saturated heterocycles. The standard InChI is InChI=1S/C16H21N3O3S/c1-21-10-12-11-23-15(17-12)18-16(20)19-8-4-2-3-6-13(19)14-7-5-9-22-14/h5,7,9,11,13H,2-4,6,8,10H2,1H3,(H,17,18,20)/t13-/m1/s1. The maximum Gasteiger partial charge on any atom is 0.324 e. The van der Waals surface area contributed by atoms with Crippen LogP contribution in [0.5, 0.6) is 0 Å². The number of ether oxygens (including phenoxy) is 1. The Hall–Kier alpha value is -1.86. The number of methoxy groups -OCH3 is 1. The molecule has 3 heterocycles. The summed E-state index contributed by atoms with van der Waals surface area (Å²) in [5.74, 6) is 0.848. The van der Waals surface area contributed by atoms with Crippen LogP contribution >= 0.6 is 11.3 Å². The first-order valence-corrected chi connectivity index (χ1v) is 8.70. The van der Waals surface area contributed by atoms with Gasteiger partial charge in [-0.2, -0.15) is 0 Å². The van der Waals surface area contributed by atoms with Crippen LogP contribution in [0.1, 0.15) is 43.2 Å². The number of thiazole rings is 1. The van der Waals surface area contributed by atoms with Crippen LogP contribution in [-0.4, -0.2) is 29.6 Å². The fourth-order valence-electron chi connectivity index (χ4n) is 2.87. The Morgan fingerprint density at radius 1 is 1.52 bits per heavy atom. The smallest absolute Gasteiger partial charge is 0.324 e. The van der Waals surface area contributed by atoms with E-state index in [1.807, 2.05) is 22.4 Å². The molecule has 0 aliphatic carbocycles. The highest BCUT2D eigenvalue weighted by atomic mass is 32.1. The molecule has 2 amide bonds. The average molecular weight is 335 g/mol. The monoisotopic (exact) mass is 335 g/mol. The van der Waals surface area contributed by atoms with Crippen molar-refractivity contribution in [3.63, 3.8) is 0 Å². The highest BCUT2D eigenvalue weighted by Crippen LogP contribution is 2.31. The Morgan fingerprint density at radius 3 is 3.22 bits per heavy atom. The molecule has 0 unspecified atom stereocenters. The van der Waals surface area contributed by atoms with Crippen LogP contribution in [-0.2, 0) is 11.3 Å². The zero-order valence-electron chi connectivity index (χ0n) is 13.2. The normalized spacial score (nSPS) is 18.7. The lowest BCUT2D eigenvalue weighted by Gasteiger charge is -2.28. The molecule has 0 radical (unpaired) electrons. The average Bonchev–Trinajstić information content (AvgIpc) is 3.15. The van der Waals surface area contributed by atoms with E-state index in [9.17, 15) is 4.79 Å². The minimum atomic E-state index is -0.119. The van der Waals surface area contributed by atoms with E-state index in [0.29, 0.717) is 11.7 Å². The van der Waals surface area contributed by atoms with Crippen molar-refractivity contribution in [2.45, 2.75) is 38.3 Å². The van der Waals surface area contributed by atoms with E-state index in [1.165, 1.54) is 11.3 Å². The Bertz CT molecular complexity index is 626. The lowest BCUT2D eigenvalue weighted by Crippen LogP contribution is -2.37. The van der Waals surface area contributed by atoms with Crippen LogP contribution in [0.25, 0.3) is 0 Å². The number of amides is 2. The molecule has 2 aromatic heterocycles. The molecule has 6 nitrogen and oxygen atoms in total. The van der Waals surface area contributed by atoms with Crippen LogP contribution in [0.15, 0.2) is 28.2 Å². The van der Waals surface area contributed by atoms with Gasteiger partial charge in [0.1, 0.15) is 5.76 Å². The summed E-state index contributed by atoms with van der Waals surface area (Å²) in [6.45, 7) is 1.18. The first-order chi connectivity index (χ1) is 11.3. The van der Waals surface area contributed by atoms with Gasteiger partial charge >= 0.3 is 6.03 Å². The molecule has 3 rings (SSSR count). The molecule has 23 heavy (non-hydrogen) atoms. The largest absolute Gasteiger partial charge is 0.467 e. The van der Waals surface area contributed by atoms with E-state index in [4.69, 9.17) is 9.15 Å². The summed E-state index contributed by atoms with van der Waals surface area (Å²) < 4.78 is 10.6. The minimum absolute atomic E-state index is 0.00842. The number of nitrogens with zero attached hydrogens (tertiary/aromatic N) is 2. The fraction of sp³-hybridized carbons (Fsp3) is 0.500. The van der Waals surface area contributed by atoms with E-state index in [-0.39, 0.29) is 12.1 Å².